The summed E-state index contributed by atoms with van der Waals surface area (Å²) in [6.45, 7) is 4.45. The second-order valence-electron chi connectivity index (χ2n) is 5.71. The molecule has 2 rings (SSSR count). The highest BCUT2D eigenvalue weighted by Gasteiger charge is 2.27. The van der Waals surface area contributed by atoms with Gasteiger partial charge >= 0.3 is 6.03 Å². The maximum atomic E-state index is 12.3. The van der Waals surface area contributed by atoms with Crippen LogP contribution in [-0.2, 0) is 16.4 Å². The number of sulfone groups is 1. The molecule has 0 aliphatic carbocycles. The number of amides is 2. The molecule has 1 fully saturated rings. The summed E-state index contributed by atoms with van der Waals surface area (Å²) in [6.07, 6.45) is 0.478. The third kappa shape index (κ3) is 4.36. The van der Waals surface area contributed by atoms with Gasteiger partial charge < -0.3 is 10.2 Å². The van der Waals surface area contributed by atoms with Crippen LogP contribution in [0.15, 0.2) is 18.2 Å². The Balaban J connectivity index is 2.01. The van der Waals surface area contributed by atoms with Gasteiger partial charge in [0.15, 0.2) is 9.84 Å². The summed E-state index contributed by atoms with van der Waals surface area (Å²) >= 11 is 5.97. The fraction of sp³-hybridized carbons (Fsp3) is 0.533. The molecule has 22 heavy (non-hydrogen) atoms. The molecule has 1 aromatic rings. The topological polar surface area (TPSA) is 66.5 Å². The lowest BCUT2D eigenvalue weighted by atomic mass is 10.1. The minimum Gasteiger partial charge on any atom is -0.334 e. The van der Waals surface area contributed by atoms with Gasteiger partial charge in [-0.25, -0.2) is 13.2 Å². The Morgan fingerprint density at radius 1 is 1.41 bits per heavy atom. The van der Waals surface area contributed by atoms with Crippen LogP contribution in [0, 0.1) is 6.92 Å². The lowest BCUT2D eigenvalue weighted by molar-refractivity contribution is 0.182. The van der Waals surface area contributed by atoms with Crippen LogP contribution in [0.3, 0.4) is 0 Å². The summed E-state index contributed by atoms with van der Waals surface area (Å²) in [5.74, 6) is 0.173. The van der Waals surface area contributed by atoms with Gasteiger partial charge in [0.2, 0.25) is 0 Å². The summed E-state index contributed by atoms with van der Waals surface area (Å²) < 4.78 is 23.3. The van der Waals surface area contributed by atoms with E-state index in [-0.39, 0.29) is 30.1 Å². The van der Waals surface area contributed by atoms with Crippen molar-refractivity contribution in [1.82, 2.24) is 10.2 Å². The van der Waals surface area contributed by atoms with E-state index >= 15 is 0 Å². The van der Waals surface area contributed by atoms with Crippen LogP contribution >= 0.6 is 11.6 Å². The van der Waals surface area contributed by atoms with Gasteiger partial charge in [0.05, 0.1) is 11.5 Å². The number of carbonyl (C=O) groups is 1. The van der Waals surface area contributed by atoms with Crippen molar-refractivity contribution in [3.63, 3.8) is 0 Å². The zero-order chi connectivity index (χ0) is 16.3. The van der Waals surface area contributed by atoms with Gasteiger partial charge in [0.25, 0.3) is 0 Å². The van der Waals surface area contributed by atoms with Gasteiger partial charge in [-0.15, -0.1) is 0 Å². The fourth-order valence-corrected chi connectivity index (χ4v) is 4.04. The highest BCUT2D eigenvalue weighted by molar-refractivity contribution is 7.91. The van der Waals surface area contributed by atoms with Gasteiger partial charge in [-0.05, 0) is 43.5 Å². The van der Waals surface area contributed by atoms with Gasteiger partial charge in [-0.3, -0.25) is 0 Å². The molecule has 5 nitrogen and oxygen atoms in total. The minimum absolute atomic E-state index is 0.0287. The van der Waals surface area contributed by atoms with Crippen molar-refractivity contribution in [2.45, 2.75) is 32.9 Å². The Morgan fingerprint density at radius 3 is 2.86 bits per heavy atom. The van der Waals surface area contributed by atoms with Gasteiger partial charge in [0.1, 0.15) is 0 Å². The third-order valence-electron chi connectivity index (χ3n) is 4.02. The lowest BCUT2D eigenvalue weighted by Crippen LogP contribution is -2.45. The molecule has 1 saturated heterocycles. The van der Waals surface area contributed by atoms with Crippen molar-refractivity contribution in [2.24, 2.45) is 0 Å². The van der Waals surface area contributed by atoms with Crippen LogP contribution in [0.2, 0.25) is 5.02 Å². The molecule has 0 aromatic heterocycles. The van der Waals surface area contributed by atoms with Crippen LogP contribution < -0.4 is 5.32 Å². The first-order valence-corrected chi connectivity index (χ1v) is 9.48. The molecule has 7 heteroatoms. The Labute approximate surface area is 136 Å². The van der Waals surface area contributed by atoms with Crippen molar-refractivity contribution in [3.05, 3.63) is 34.3 Å². The van der Waals surface area contributed by atoms with E-state index in [4.69, 9.17) is 11.6 Å². The Bertz CT molecular complexity index is 661. The summed E-state index contributed by atoms with van der Waals surface area (Å²) in [6, 6.07) is 5.23. The zero-order valence-corrected chi connectivity index (χ0v) is 14.4. The quantitative estimate of drug-likeness (QED) is 0.895. The molecule has 1 heterocycles. The smallest absolute Gasteiger partial charge is 0.317 e. The van der Waals surface area contributed by atoms with Crippen molar-refractivity contribution in [1.29, 1.82) is 0 Å². The summed E-state index contributed by atoms with van der Waals surface area (Å²) in [7, 11) is -3.04. The second kappa shape index (κ2) is 6.87. The van der Waals surface area contributed by atoms with Crippen LogP contribution in [0.25, 0.3) is 0 Å². The van der Waals surface area contributed by atoms with E-state index in [0.717, 1.165) is 11.1 Å². The Kier molecular flexibility index (Phi) is 5.34. The molecule has 1 aliphatic heterocycles. The number of hydrogen-bond donors (Lipinski definition) is 1. The van der Waals surface area contributed by atoms with Crippen LogP contribution in [0.5, 0.6) is 0 Å². The number of benzene rings is 1. The van der Waals surface area contributed by atoms with Crippen LogP contribution in [0.1, 0.15) is 24.5 Å². The first-order chi connectivity index (χ1) is 10.3. The molecule has 122 valence electrons. The van der Waals surface area contributed by atoms with E-state index in [1.165, 1.54) is 0 Å². The first kappa shape index (κ1) is 17.1. The monoisotopic (exact) mass is 344 g/mol. The van der Waals surface area contributed by atoms with Gasteiger partial charge in [-0.1, -0.05) is 17.7 Å². The normalized spacial score (nSPS) is 21.2. The number of halogens is 1. The predicted octanol–water partition coefficient (Wildman–Crippen LogP) is 2.37. The number of nitrogens with one attached hydrogen (secondary N) is 1. The van der Waals surface area contributed by atoms with E-state index in [9.17, 15) is 13.2 Å². The highest BCUT2D eigenvalue weighted by Crippen LogP contribution is 2.16. The molecule has 0 spiro atoms. The lowest BCUT2D eigenvalue weighted by Gasteiger charge is -2.27. The van der Waals surface area contributed by atoms with Crippen LogP contribution in [-0.4, -0.2) is 43.4 Å². The maximum absolute atomic E-state index is 12.3. The van der Waals surface area contributed by atoms with Gasteiger partial charge in [0, 0.05) is 24.2 Å². The van der Waals surface area contributed by atoms with Crippen molar-refractivity contribution in [3.8, 4) is 0 Å². The average molecular weight is 345 g/mol. The predicted molar refractivity (Wildman–Crippen MR) is 87.9 cm³/mol. The van der Waals surface area contributed by atoms with Crippen LogP contribution in [0.4, 0.5) is 4.79 Å². The minimum atomic E-state index is -3.04. The summed E-state index contributed by atoms with van der Waals surface area (Å²) in [4.78, 5) is 13.9. The standard InChI is InChI=1S/C15H21ClN2O3S/c1-11-3-4-14(16)9-13(11)10-17-15(19)18-6-8-22(20,21)7-5-12(18)2/h3-4,9,12H,5-8,10H2,1-2H3,(H,17,19)/t12-/m0/s1. The number of aryl methyl sites for hydroxylation is 1. The number of urea groups is 1. The Morgan fingerprint density at radius 2 is 2.14 bits per heavy atom. The molecule has 2 amide bonds. The number of carbonyl (C=O) groups excluding carboxylic acids is 1. The van der Waals surface area contributed by atoms with Gasteiger partial charge in [-0.2, -0.15) is 0 Å². The number of hydrogen-bond acceptors (Lipinski definition) is 3. The molecule has 0 bridgehead atoms. The van der Waals surface area contributed by atoms with E-state index in [0.29, 0.717) is 18.0 Å². The highest BCUT2D eigenvalue weighted by atomic mass is 35.5. The fourth-order valence-electron chi connectivity index (χ4n) is 2.47. The zero-order valence-electron chi connectivity index (χ0n) is 12.8. The third-order valence-corrected chi connectivity index (χ3v) is 5.92. The van der Waals surface area contributed by atoms with Crippen molar-refractivity contribution < 1.29 is 13.2 Å². The van der Waals surface area contributed by atoms with E-state index in [1.807, 2.05) is 32.0 Å². The molecule has 0 unspecified atom stereocenters. The molecular weight excluding hydrogens is 324 g/mol. The van der Waals surface area contributed by atoms with Crippen molar-refractivity contribution >= 4 is 27.5 Å². The molecule has 1 atom stereocenters. The first-order valence-electron chi connectivity index (χ1n) is 7.28. The molecule has 0 saturated carbocycles. The van der Waals surface area contributed by atoms with E-state index in [2.05, 4.69) is 5.32 Å². The summed E-state index contributed by atoms with van der Waals surface area (Å²) in [5.41, 5.74) is 2.01. The molecule has 1 N–H and O–H groups in total. The summed E-state index contributed by atoms with van der Waals surface area (Å²) in [5, 5.41) is 3.48. The van der Waals surface area contributed by atoms with Crippen molar-refractivity contribution in [2.75, 3.05) is 18.1 Å². The molecule has 1 aliphatic rings. The Hall–Kier alpha value is -1.27. The largest absolute Gasteiger partial charge is 0.334 e. The second-order valence-corrected chi connectivity index (χ2v) is 8.45. The maximum Gasteiger partial charge on any atom is 0.317 e. The molecule has 0 radical (unpaired) electrons. The van der Waals surface area contributed by atoms with E-state index in [1.54, 1.807) is 4.90 Å². The number of nitrogens with zero attached hydrogens (tertiary/aromatic N) is 1. The molecule has 1 aromatic carbocycles. The SMILES string of the molecule is Cc1ccc(Cl)cc1CNC(=O)N1CCS(=O)(=O)CC[C@@H]1C. The number of rotatable bonds is 2. The average Bonchev–Trinajstić information content (AvgIpc) is 2.59. The molecular formula is C15H21ClN2O3S. The van der Waals surface area contributed by atoms with E-state index < -0.39 is 9.84 Å².